The summed E-state index contributed by atoms with van der Waals surface area (Å²) in [4.78, 5) is 32.7. The molecule has 2 aliphatic heterocycles. The van der Waals surface area contributed by atoms with Crippen LogP contribution in [0.5, 0.6) is 23.0 Å². The maximum atomic E-state index is 14.1. The minimum absolute atomic E-state index is 0.00916. The predicted molar refractivity (Wildman–Crippen MR) is 130 cm³/mol. The zero-order chi connectivity index (χ0) is 25.3. The Morgan fingerprint density at radius 1 is 0.886 bits per heavy atom. The summed E-state index contributed by atoms with van der Waals surface area (Å²) < 4.78 is 21.9. The molecule has 0 aromatic heterocycles. The summed E-state index contributed by atoms with van der Waals surface area (Å²) in [5.41, 5.74) is 1.87. The van der Waals surface area contributed by atoms with E-state index in [2.05, 4.69) is 7.05 Å². The van der Waals surface area contributed by atoms with E-state index in [-0.39, 0.29) is 11.8 Å². The highest BCUT2D eigenvalue weighted by Gasteiger charge is 2.45. The molecular formula is C26H34N3O6+. The van der Waals surface area contributed by atoms with Crippen LogP contribution in [0.1, 0.15) is 33.4 Å². The highest BCUT2D eigenvalue weighted by molar-refractivity contribution is 6.02. The summed E-state index contributed by atoms with van der Waals surface area (Å²) in [6, 6.07) is 8.44. The molecule has 0 saturated carbocycles. The van der Waals surface area contributed by atoms with Gasteiger partial charge < -0.3 is 33.6 Å². The third kappa shape index (κ3) is 4.36. The minimum atomic E-state index is -0.621. The topological polar surface area (TPSA) is 82.0 Å². The molecule has 35 heavy (non-hydrogen) atoms. The van der Waals surface area contributed by atoms with Crippen molar-refractivity contribution in [3.8, 4) is 23.0 Å². The van der Waals surface area contributed by atoms with Gasteiger partial charge in [-0.05, 0) is 35.4 Å². The van der Waals surface area contributed by atoms with Crippen LogP contribution in [0.2, 0.25) is 0 Å². The van der Waals surface area contributed by atoms with Crippen molar-refractivity contribution in [1.29, 1.82) is 0 Å². The van der Waals surface area contributed by atoms with Crippen molar-refractivity contribution in [2.45, 2.75) is 12.0 Å². The molecule has 9 nitrogen and oxygen atoms in total. The van der Waals surface area contributed by atoms with Crippen molar-refractivity contribution in [3.63, 3.8) is 0 Å². The Morgan fingerprint density at radius 3 is 2.06 bits per heavy atom. The first-order valence-electron chi connectivity index (χ1n) is 11.7. The van der Waals surface area contributed by atoms with Gasteiger partial charge in [0.1, 0.15) is 0 Å². The average molecular weight is 485 g/mol. The molecule has 0 radical (unpaired) electrons. The molecule has 2 amide bonds. The van der Waals surface area contributed by atoms with Crippen LogP contribution in [0.4, 0.5) is 0 Å². The average Bonchev–Trinajstić information content (AvgIpc) is 2.89. The van der Waals surface area contributed by atoms with Gasteiger partial charge in [-0.15, -0.1) is 0 Å². The molecule has 2 atom stereocenters. The zero-order valence-corrected chi connectivity index (χ0v) is 21.2. The quantitative estimate of drug-likeness (QED) is 0.659. The van der Waals surface area contributed by atoms with Crippen LogP contribution in [0, 0.1) is 0 Å². The Kier molecular flexibility index (Phi) is 7.07. The lowest BCUT2D eigenvalue weighted by molar-refractivity contribution is -0.883. The molecule has 2 heterocycles. The van der Waals surface area contributed by atoms with E-state index in [9.17, 15) is 9.59 Å². The van der Waals surface area contributed by atoms with Gasteiger partial charge in [0.15, 0.2) is 23.0 Å². The summed E-state index contributed by atoms with van der Waals surface area (Å²) in [5, 5.41) is 0. The lowest BCUT2D eigenvalue weighted by Crippen LogP contribution is -3.12. The van der Waals surface area contributed by atoms with Gasteiger partial charge in [-0.25, -0.2) is 0 Å². The minimum Gasteiger partial charge on any atom is -0.493 e. The maximum absolute atomic E-state index is 14.1. The number of hydrogen-bond acceptors (Lipinski definition) is 6. The number of nitrogens with zero attached hydrogens (tertiary/aromatic N) is 2. The molecule has 1 N–H and O–H groups in total. The number of quaternary nitrogens is 1. The molecule has 2 aromatic carbocycles. The molecule has 9 heteroatoms. The van der Waals surface area contributed by atoms with Crippen molar-refractivity contribution < 1.29 is 33.4 Å². The first-order chi connectivity index (χ1) is 16.8. The van der Waals surface area contributed by atoms with E-state index in [4.69, 9.17) is 18.9 Å². The van der Waals surface area contributed by atoms with Crippen LogP contribution < -0.4 is 23.8 Å². The smallest absolute Gasteiger partial charge is 0.254 e. The molecule has 2 aromatic rings. The number of amides is 2. The Hall–Kier alpha value is -3.46. The summed E-state index contributed by atoms with van der Waals surface area (Å²) in [5.74, 6) is 1.24. The Bertz CT molecular complexity index is 1110. The second-order valence-corrected chi connectivity index (χ2v) is 9.03. The van der Waals surface area contributed by atoms with E-state index in [0.29, 0.717) is 47.2 Å². The third-order valence-corrected chi connectivity index (χ3v) is 7.12. The third-order valence-electron chi connectivity index (χ3n) is 7.12. The van der Waals surface area contributed by atoms with Crippen LogP contribution in [0.15, 0.2) is 30.3 Å². The fraction of sp³-hybridized carbons (Fsp3) is 0.462. The lowest BCUT2D eigenvalue weighted by Gasteiger charge is -2.42. The van der Waals surface area contributed by atoms with Crippen LogP contribution in [-0.4, -0.2) is 90.3 Å². The van der Waals surface area contributed by atoms with Crippen molar-refractivity contribution in [1.82, 2.24) is 9.80 Å². The van der Waals surface area contributed by atoms with E-state index < -0.39 is 12.0 Å². The van der Waals surface area contributed by atoms with E-state index in [1.54, 1.807) is 51.5 Å². The van der Waals surface area contributed by atoms with Gasteiger partial charge >= 0.3 is 0 Å². The monoisotopic (exact) mass is 484 g/mol. The summed E-state index contributed by atoms with van der Waals surface area (Å²) >= 11 is 0. The van der Waals surface area contributed by atoms with Crippen LogP contribution >= 0.6 is 0 Å². The maximum Gasteiger partial charge on any atom is 0.254 e. The number of rotatable bonds is 6. The van der Waals surface area contributed by atoms with Crippen molar-refractivity contribution in [2.75, 3.05) is 68.7 Å². The highest BCUT2D eigenvalue weighted by Crippen LogP contribution is 2.47. The molecular weight excluding hydrogens is 450 g/mol. The summed E-state index contributed by atoms with van der Waals surface area (Å²) in [7, 11) is 10.1. The molecule has 0 bridgehead atoms. The van der Waals surface area contributed by atoms with Crippen molar-refractivity contribution >= 4 is 11.8 Å². The lowest BCUT2D eigenvalue weighted by atomic mass is 9.78. The molecule has 0 spiro atoms. The standard InChI is InChI=1S/C26H33N3O6/c1-27-9-11-29(12-10-27)26(31)23-17-14-21(34-5)22(35-6)15-18(17)25(30)28(2)24(23)16-7-8-19(32-3)20(13-16)33-4/h7-8,13-15,23-24H,9-12H2,1-6H3/p+1. The Labute approximate surface area is 206 Å². The number of methoxy groups -OCH3 is 4. The SMILES string of the molecule is COc1ccc(C2C(C(=O)N3CC[NH+](C)CC3)c3cc(OC)c(OC)cc3C(=O)N2C)cc1OC. The largest absolute Gasteiger partial charge is 0.493 e. The van der Waals surface area contributed by atoms with Crippen LogP contribution in [-0.2, 0) is 4.79 Å². The van der Waals surface area contributed by atoms with Gasteiger partial charge in [-0.2, -0.15) is 0 Å². The highest BCUT2D eigenvalue weighted by atomic mass is 16.5. The van der Waals surface area contributed by atoms with E-state index in [1.165, 1.54) is 12.0 Å². The Balaban J connectivity index is 1.89. The molecule has 0 aliphatic carbocycles. The number of carbonyl (C=O) groups excluding carboxylic acids is 2. The van der Waals surface area contributed by atoms with E-state index >= 15 is 0 Å². The first kappa shape index (κ1) is 24.7. The van der Waals surface area contributed by atoms with E-state index in [1.807, 2.05) is 17.0 Å². The van der Waals surface area contributed by atoms with Crippen molar-refractivity contribution in [3.05, 3.63) is 47.0 Å². The number of ether oxygens (including phenoxy) is 4. The molecule has 4 rings (SSSR count). The molecule has 1 fully saturated rings. The van der Waals surface area contributed by atoms with Crippen molar-refractivity contribution in [2.24, 2.45) is 0 Å². The fourth-order valence-corrected chi connectivity index (χ4v) is 5.07. The normalized spacial score (nSPS) is 20.3. The van der Waals surface area contributed by atoms with Gasteiger partial charge in [-0.3, -0.25) is 9.59 Å². The van der Waals surface area contributed by atoms with Gasteiger partial charge in [-0.1, -0.05) is 6.07 Å². The summed E-state index contributed by atoms with van der Waals surface area (Å²) in [6.07, 6.45) is 0. The fourth-order valence-electron chi connectivity index (χ4n) is 5.07. The van der Waals surface area contributed by atoms with Crippen LogP contribution in [0.3, 0.4) is 0 Å². The van der Waals surface area contributed by atoms with Gasteiger partial charge in [0, 0.05) is 12.6 Å². The predicted octanol–water partition coefficient (Wildman–Crippen LogP) is 0.988. The number of fused-ring (bicyclic) bond motifs is 1. The second kappa shape index (κ2) is 10.0. The number of benzene rings is 2. The summed E-state index contributed by atoms with van der Waals surface area (Å²) in [6.45, 7) is 3.10. The number of likely N-dealkylation sites (N-methyl/N-ethyl adjacent to an activating group) is 2. The van der Waals surface area contributed by atoms with E-state index in [0.717, 1.165) is 18.7 Å². The van der Waals surface area contributed by atoms with Gasteiger partial charge in [0.25, 0.3) is 5.91 Å². The first-order valence-corrected chi connectivity index (χ1v) is 11.7. The number of nitrogens with one attached hydrogen (secondary N) is 1. The molecule has 1 saturated heterocycles. The van der Waals surface area contributed by atoms with Gasteiger partial charge in [0.05, 0.1) is 73.6 Å². The number of piperazine rings is 1. The molecule has 188 valence electrons. The van der Waals surface area contributed by atoms with Gasteiger partial charge in [0.2, 0.25) is 5.91 Å². The molecule has 2 unspecified atom stereocenters. The number of hydrogen-bond donors (Lipinski definition) is 1. The van der Waals surface area contributed by atoms with Crippen LogP contribution in [0.25, 0.3) is 0 Å². The number of carbonyl (C=O) groups is 2. The molecule has 2 aliphatic rings. The Morgan fingerprint density at radius 2 is 1.46 bits per heavy atom. The second-order valence-electron chi connectivity index (χ2n) is 9.03. The zero-order valence-electron chi connectivity index (χ0n) is 21.2.